The number of halogens is 1. The van der Waals surface area contributed by atoms with Gasteiger partial charge in [-0.15, -0.1) is 12.4 Å². The SMILES string of the molecule is CC(N)C(=O)N1C(C)CNCC1C.Cl. The first-order chi connectivity index (χ1) is 6.04. The molecule has 3 unspecified atom stereocenters. The number of rotatable bonds is 1. The fourth-order valence-electron chi connectivity index (χ4n) is 1.80. The van der Waals surface area contributed by atoms with Crippen LogP contribution in [0.25, 0.3) is 0 Å². The van der Waals surface area contributed by atoms with Crippen LogP contribution in [0.3, 0.4) is 0 Å². The maximum atomic E-state index is 11.7. The topological polar surface area (TPSA) is 58.4 Å². The van der Waals surface area contributed by atoms with Gasteiger partial charge in [0.25, 0.3) is 0 Å². The van der Waals surface area contributed by atoms with Crippen molar-refractivity contribution in [1.29, 1.82) is 0 Å². The molecule has 1 rings (SSSR count). The highest BCUT2D eigenvalue weighted by atomic mass is 35.5. The molecule has 3 atom stereocenters. The second kappa shape index (κ2) is 5.53. The molecule has 0 spiro atoms. The highest BCUT2D eigenvalue weighted by Crippen LogP contribution is 2.10. The average Bonchev–Trinajstić information content (AvgIpc) is 2.03. The van der Waals surface area contributed by atoms with Crippen molar-refractivity contribution in [2.24, 2.45) is 5.73 Å². The van der Waals surface area contributed by atoms with E-state index in [4.69, 9.17) is 5.73 Å². The Hall–Kier alpha value is -0.320. The number of nitrogens with zero attached hydrogens (tertiary/aromatic N) is 1. The van der Waals surface area contributed by atoms with Crippen LogP contribution in [0.4, 0.5) is 0 Å². The smallest absolute Gasteiger partial charge is 0.239 e. The van der Waals surface area contributed by atoms with Crippen molar-refractivity contribution in [1.82, 2.24) is 10.2 Å². The molecule has 0 aromatic rings. The summed E-state index contributed by atoms with van der Waals surface area (Å²) in [5, 5.41) is 3.27. The summed E-state index contributed by atoms with van der Waals surface area (Å²) in [6.07, 6.45) is 0. The Morgan fingerprint density at radius 3 is 2.21 bits per heavy atom. The van der Waals surface area contributed by atoms with Gasteiger partial charge in [-0.05, 0) is 20.8 Å². The number of piperazine rings is 1. The zero-order chi connectivity index (χ0) is 10.0. The van der Waals surface area contributed by atoms with Crippen molar-refractivity contribution in [2.45, 2.75) is 38.9 Å². The molecule has 1 amide bonds. The van der Waals surface area contributed by atoms with Crippen LogP contribution in [0.5, 0.6) is 0 Å². The highest BCUT2D eigenvalue weighted by molar-refractivity contribution is 5.85. The van der Waals surface area contributed by atoms with Crippen LogP contribution in [0, 0.1) is 0 Å². The predicted molar refractivity (Wildman–Crippen MR) is 59.5 cm³/mol. The number of hydrogen-bond donors (Lipinski definition) is 2. The van der Waals surface area contributed by atoms with Gasteiger partial charge in [-0.1, -0.05) is 0 Å². The first-order valence-electron chi connectivity index (χ1n) is 4.82. The number of nitrogens with two attached hydrogens (primary N) is 1. The summed E-state index contributed by atoms with van der Waals surface area (Å²) in [7, 11) is 0. The van der Waals surface area contributed by atoms with E-state index < -0.39 is 0 Å². The van der Waals surface area contributed by atoms with E-state index in [2.05, 4.69) is 5.32 Å². The number of nitrogens with one attached hydrogen (secondary N) is 1. The van der Waals surface area contributed by atoms with Crippen molar-refractivity contribution in [3.05, 3.63) is 0 Å². The number of carbonyl (C=O) groups excluding carboxylic acids is 1. The molecule has 0 aliphatic carbocycles. The minimum atomic E-state index is -0.386. The number of carbonyl (C=O) groups is 1. The maximum Gasteiger partial charge on any atom is 0.239 e. The summed E-state index contributed by atoms with van der Waals surface area (Å²) in [6.45, 7) is 7.56. The van der Waals surface area contributed by atoms with Gasteiger partial charge in [0.15, 0.2) is 0 Å². The zero-order valence-electron chi connectivity index (χ0n) is 8.99. The molecule has 1 aliphatic heterocycles. The minimum absolute atomic E-state index is 0. The number of hydrogen-bond acceptors (Lipinski definition) is 3. The summed E-state index contributed by atoms with van der Waals surface area (Å²) in [5.74, 6) is 0.0569. The largest absolute Gasteiger partial charge is 0.333 e. The Bertz CT molecular complexity index is 188. The van der Waals surface area contributed by atoms with Crippen LogP contribution in [0.1, 0.15) is 20.8 Å². The Labute approximate surface area is 91.6 Å². The van der Waals surface area contributed by atoms with Crippen LogP contribution in [-0.4, -0.2) is 42.0 Å². The molecule has 1 saturated heterocycles. The van der Waals surface area contributed by atoms with E-state index >= 15 is 0 Å². The normalized spacial score (nSPS) is 29.3. The summed E-state index contributed by atoms with van der Waals surface area (Å²) in [6, 6.07) is 0.118. The highest BCUT2D eigenvalue weighted by Gasteiger charge is 2.29. The van der Waals surface area contributed by atoms with Crippen molar-refractivity contribution in [3.8, 4) is 0 Å². The number of amides is 1. The van der Waals surface area contributed by atoms with Gasteiger partial charge in [-0.2, -0.15) is 0 Å². The van der Waals surface area contributed by atoms with Crippen LogP contribution >= 0.6 is 12.4 Å². The Kier molecular flexibility index (Phi) is 5.41. The van der Waals surface area contributed by atoms with Gasteiger partial charge in [0.2, 0.25) is 5.91 Å². The van der Waals surface area contributed by atoms with Crippen molar-refractivity contribution >= 4 is 18.3 Å². The van der Waals surface area contributed by atoms with Crippen molar-refractivity contribution < 1.29 is 4.79 Å². The van der Waals surface area contributed by atoms with Gasteiger partial charge >= 0.3 is 0 Å². The predicted octanol–water partition coefficient (Wildman–Crippen LogP) is -0.0358. The van der Waals surface area contributed by atoms with Crippen LogP contribution in [0.2, 0.25) is 0 Å². The zero-order valence-corrected chi connectivity index (χ0v) is 9.80. The second-order valence-corrected chi connectivity index (χ2v) is 3.89. The van der Waals surface area contributed by atoms with Crippen LogP contribution in [0.15, 0.2) is 0 Å². The molecule has 14 heavy (non-hydrogen) atoms. The molecule has 0 radical (unpaired) electrons. The maximum absolute atomic E-state index is 11.7. The minimum Gasteiger partial charge on any atom is -0.333 e. The average molecular weight is 222 g/mol. The summed E-state index contributed by atoms with van der Waals surface area (Å²) in [4.78, 5) is 13.6. The Morgan fingerprint density at radius 1 is 1.43 bits per heavy atom. The second-order valence-electron chi connectivity index (χ2n) is 3.89. The standard InChI is InChI=1S/C9H19N3O.ClH/c1-6-4-11-5-7(2)12(6)9(13)8(3)10;/h6-8,11H,4-5,10H2,1-3H3;1H. The lowest BCUT2D eigenvalue weighted by Crippen LogP contribution is -2.60. The summed E-state index contributed by atoms with van der Waals surface area (Å²) < 4.78 is 0. The van der Waals surface area contributed by atoms with Gasteiger partial charge in [-0.25, -0.2) is 0 Å². The quantitative estimate of drug-likeness (QED) is 0.654. The molecule has 0 aromatic heterocycles. The van der Waals surface area contributed by atoms with E-state index in [0.717, 1.165) is 13.1 Å². The molecule has 0 aromatic carbocycles. The van der Waals surface area contributed by atoms with Gasteiger partial charge in [0, 0.05) is 25.2 Å². The lowest BCUT2D eigenvalue weighted by molar-refractivity contribution is -0.137. The van der Waals surface area contributed by atoms with Gasteiger partial charge in [0.1, 0.15) is 0 Å². The molecule has 0 bridgehead atoms. The van der Waals surface area contributed by atoms with E-state index in [9.17, 15) is 4.79 Å². The molecule has 1 fully saturated rings. The summed E-state index contributed by atoms with van der Waals surface area (Å²) >= 11 is 0. The third kappa shape index (κ3) is 2.83. The van der Waals surface area contributed by atoms with Gasteiger partial charge < -0.3 is 16.0 Å². The molecule has 1 heterocycles. The molecule has 1 aliphatic rings. The third-order valence-electron chi connectivity index (χ3n) is 2.47. The van der Waals surface area contributed by atoms with Crippen molar-refractivity contribution in [2.75, 3.05) is 13.1 Å². The first kappa shape index (κ1) is 13.7. The Balaban J connectivity index is 0.00000169. The molecule has 84 valence electrons. The lowest BCUT2D eigenvalue weighted by Gasteiger charge is -2.40. The Morgan fingerprint density at radius 2 is 1.86 bits per heavy atom. The molecular weight excluding hydrogens is 202 g/mol. The molecule has 5 heteroatoms. The molecular formula is C9H20ClN3O. The first-order valence-corrected chi connectivity index (χ1v) is 4.82. The third-order valence-corrected chi connectivity index (χ3v) is 2.47. The van der Waals surface area contributed by atoms with Crippen LogP contribution < -0.4 is 11.1 Å². The fraction of sp³-hybridized carbons (Fsp3) is 0.889. The monoisotopic (exact) mass is 221 g/mol. The van der Waals surface area contributed by atoms with Gasteiger partial charge in [-0.3, -0.25) is 4.79 Å². The van der Waals surface area contributed by atoms with E-state index in [-0.39, 0.29) is 36.4 Å². The molecule has 0 saturated carbocycles. The van der Waals surface area contributed by atoms with E-state index in [1.54, 1.807) is 6.92 Å². The van der Waals surface area contributed by atoms with Crippen molar-refractivity contribution in [3.63, 3.8) is 0 Å². The van der Waals surface area contributed by atoms with E-state index in [1.165, 1.54) is 0 Å². The summed E-state index contributed by atoms with van der Waals surface area (Å²) in [5.41, 5.74) is 5.58. The lowest BCUT2D eigenvalue weighted by atomic mass is 10.1. The van der Waals surface area contributed by atoms with E-state index in [0.29, 0.717) is 0 Å². The molecule has 3 N–H and O–H groups in total. The molecule has 4 nitrogen and oxygen atoms in total. The van der Waals surface area contributed by atoms with Crippen LogP contribution in [-0.2, 0) is 4.79 Å². The fourth-order valence-corrected chi connectivity index (χ4v) is 1.80. The van der Waals surface area contributed by atoms with Gasteiger partial charge in [0.05, 0.1) is 6.04 Å². The van der Waals surface area contributed by atoms with E-state index in [1.807, 2.05) is 18.7 Å².